The highest BCUT2D eigenvalue weighted by molar-refractivity contribution is 5.59. The number of pyridine rings is 1. The minimum Gasteiger partial charge on any atom is -0.506 e. The molecule has 0 saturated heterocycles. The summed E-state index contributed by atoms with van der Waals surface area (Å²) in [6.45, 7) is 4.78. The van der Waals surface area contributed by atoms with Gasteiger partial charge >= 0.3 is 0 Å². The molecule has 0 saturated carbocycles. The number of phenolic OH excluding ortho intramolecular Hbond substituents is 1. The molecule has 8 nitrogen and oxygen atoms in total. The predicted octanol–water partition coefficient (Wildman–Crippen LogP) is 4.52. The number of nitrogens with zero attached hydrogens (tertiary/aromatic N) is 7. The van der Waals surface area contributed by atoms with E-state index in [4.69, 9.17) is 0 Å². The van der Waals surface area contributed by atoms with Crippen LogP contribution in [0, 0.1) is 0 Å². The Labute approximate surface area is 183 Å². The molecule has 3 rings (SSSR count). The normalized spacial score (nSPS) is 14.9. The van der Waals surface area contributed by atoms with Crippen LogP contribution in [0.4, 0.5) is 11.4 Å². The standard InChI is InChI=1S/C23H29N7O/c1-18-21(27-26-20-15-19(25-24-2)9-10-23(20)31)16-29(12-8-11-28(3)4)17-22(18)30-13-6-5-7-14-30/h5-7,9-10,13-16H,8,11-12,17H2,1-4H3/p+1. The molecule has 0 unspecified atom stereocenters. The number of azo groups is 2. The molecule has 162 valence electrons. The van der Waals surface area contributed by atoms with Crippen molar-refractivity contribution < 1.29 is 9.67 Å². The van der Waals surface area contributed by atoms with Crippen LogP contribution in [0.1, 0.15) is 13.3 Å². The number of hydrogen-bond donors (Lipinski definition) is 1. The van der Waals surface area contributed by atoms with Gasteiger partial charge in [0, 0.05) is 37.5 Å². The first-order chi connectivity index (χ1) is 15.0. The summed E-state index contributed by atoms with van der Waals surface area (Å²) in [5.74, 6) is 0.0531. The molecule has 8 heteroatoms. The summed E-state index contributed by atoms with van der Waals surface area (Å²) in [5, 5.41) is 26.8. The monoisotopic (exact) mass is 420 g/mol. The maximum Gasteiger partial charge on any atom is 0.211 e. The zero-order valence-corrected chi connectivity index (χ0v) is 18.6. The first kappa shape index (κ1) is 22.3. The van der Waals surface area contributed by atoms with E-state index in [1.54, 1.807) is 25.2 Å². The Morgan fingerprint density at radius 2 is 1.87 bits per heavy atom. The molecule has 0 radical (unpaired) electrons. The summed E-state index contributed by atoms with van der Waals surface area (Å²) < 4.78 is 2.12. The van der Waals surface area contributed by atoms with Gasteiger partial charge in [-0.25, -0.2) is 0 Å². The summed E-state index contributed by atoms with van der Waals surface area (Å²) in [4.78, 5) is 4.45. The predicted molar refractivity (Wildman–Crippen MR) is 121 cm³/mol. The van der Waals surface area contributed by atoms with Crippen LogP contribution in [-0.4, -0.2) is 55.7 Å². The zero-order chi connectivity index (χ0) is 22.2. The Bertz CT molecular complexity index is 1010. The molecule has 0 bridgehead atoms. The van der Waals surface area contributed by atoms with Gasteiger partial charge in [0.2, 0.25) is 5.70 Å². The SMILES string of the molecule is CN=Nc1ccc(O)c(N=NC2=CN(CCCN(C)C)CC([n+]3ccccc3)=C2C)c1. The largest absolute Gasteiger partial charge is 0.506 e. The summed E-state index contributed by atoms with van der Waals surface area (Å²) in [6, 6.07) is 10.9. The third-order valence-electron chi connectivity index (χ3n) is 4.99. The van der Waals surface area contributed by atoms with Crippen molar-refractivity contribution in [2.45, 2.75) is 13.3 Å². The van der Waals surface area contributed by atoms with Crippen molar-refractivity contribution in [3.63, 3.8) is 0 Å². The van der Waals surface area contributed by atoms with Crippen LogP contribution >= 0.6 is 0 Å². The fraction of sp³-hybridized carbons (Fsp3) is 0.348. The lowest BCUT2D eigenvalue weighted by atomic mass is 10.1. The molecule has 1 aromatic carbocycles. The maximum absolute atomic E-state index is 10.2. The van der Waals surface area contributed by atoms with Crippen LogP contribution in [0.2, 0.25) is 0 Å². The van der Waals surface area contributed by atoms with Crippen molar-refractivity contribution in [1.82, 2.24) is 9.80 Å². The van der Waals surface area contributed by atoms with Gasteiger partial charge in [-0.3, -0.25) is 0 Å². The number of benzene rings is 1. The first-order valence-electron chi connectivity index (χ1n) is 10.3. The fourth-order valence-electron chi connectivity index (χ4n) is 3.34. The Morgan fingerprint density at radius 3 is 2.58 bits per heavy atom. The highest BCUT2D eigenvalue weighted by Gasteiger charge is 2.24. The smallest absolute Gasteiger partial charge is 0.211 e. The number of allylic oxidation sites excluding steroid dienone is 1. The second-order valence-electron chi connectivity index (χ2n) is 7.67. The molecule has 0 fully saturated rings. The minimum absolute atomic E-state index is 0.0531. The molecule has 2 heterocycles. The number of aromatic nitrogens is 1. The Hall–Kier alpha value is -3.39. The van der Waals surface area contributed by atoms with Gasteiger partial charge in [-0.1, -0.05) is 6.07 Å². The van der Waals surface area contributed by atoms with Crippen molar-refractivity contribution in [1.29, 1.82) is 0 Å². The highest BCUT2D eigenvalue weighted by atomic mass is 16.3. The second-order valence-corrected chi connectivity index (χ2v) is 7.67. The van der Waals surface area contributed by atoms with E-state index in [2.05, 4.69) is 55.8 Å². The first-order valence-corrected chi connectivity index (χ1v) is 10.3. The van der Waals surface area contributed by atoms with Crippen LogP contribution < -0.4 is 4.57 Å². The maximum atomic E-state index is 10.2. The summed E-state index contributed by atoms with van der Waals surface area (Å²) >= 11 is 0. The third-order valence-corrected chi connectivity index (χ3v) is 4.99. The Morgan fingerprint density at radius 1 is 1.10 bits per heavy atom. The second kappa shape index (κ2) is 10.6. The number of phenols is 1. The Balaban J connectivity index is 1.92. The number of hydrogen-bond acceptors (Lipinski definition) is 7. The lowest BCUT2D eigenvalue weighted by Gasteiger charge is -2.25. The van der Waals surface area contributed by atoms with E-state index in [9.17, 15) is 5.11 Å². The molecule has 0 amide bonds. The molecule has 1 aliphatic heterocycles. The van der Waals surface area contributed by atoms with Gasteiger partial charge < -0.3 is 14.9 Å². The molecule has 0 aliphatic carbocycles. The molecule has 1 N–H and O–H groups in total. The van der Waals surface area contributed by atoms with Crippen molar-refractivity contribution >= 4 is 17.1 Å². The highest BCUT2D eigenvalue weighted by Crippen LogP contribution is 2.33. The third kappa shape index (κ3) is 6.05. The van der Waals surface area contributed by atoms with Gasteiger partial charge in [-0.15, -0.1) is 10.2 Å². The van der Waals surface area contributed by atoms with Crippen LogP contribution in [0.5, 0.6) is 5.75 Å². The van der Waals surface area contributed by atoms with E-state index in [1.165, 1.54) is 0 Å². The van der Waals surface area contributed by atoms with E-state index >= 15 is 0 Å². The van der Waals surface area contributed by atoms with E-state index in [0.29, 0.717) is 11.4 Å². The molecule has 1 aliphatic rings. The molecule has 31 heavy (non-hydrogen) atoms. The van der Waals surface area contributed by atoms with Crippen LogP contribution in [0.15, 0.2) is 86.7 Å². The van der Waals surface area contributed by atoms with Crippen molar-refractivity contribution in [3.8, 4) is 5.75 Å². The molecular weight excluding hydrogens is 390 g/mol. The summed E-state index contributed by atoms with van der Waals surface area (Å²) in [5.41, 5.74) is 3.94. The van der Waals surface area contributed by atoms with E-state index in [0.717, 1.165) is 43.0 Å². The van der Waals surface area contributed by atoms with Crippen LogP contribution in [0.3, 0.4) is 0 Å². The average Bonchev–Trinajstić information content (AvgIpc) is 2.76. The molecule has 0 spiro atoms. The lowest BCUT2D eigenvalue weighted by Crippen LogP contribution is -2.40. The Kier molecular flexibility index (Phi) is 7.61. The molecule has 2 aromatic rings. The van der Waals surface area contributed by atoms with Crippen LogP contribution in [0.25, 0.3) is 5.70 Å². The van der Waals surface area contributed by atoms with E-state index in [-0.39, 0.29) is 5.75 Å². The fourth-order valence-corrected chi connectivity index (χ4v) is 3.34. The van der Waals surface area contributed by atoms with E-state index < -0.39 is 0 Å². The lowest BCUT2D eigenvalue weighted by molar-refractivity contribution is -0.583. The quantitative estimate of drug-likeness (QED) is 0.504. The van der Waals surface area contributed by atoms with Gasteiger partial charge in [0.1, 0.15) is 23.7 Å². The summed E-state index contributed by atoms with van der Waals surface area (Å²) in [6.07, 6.45) is 7.18. The van der Waals surface area contributed by atoms with Crippen molar-refractivity contribution in [3.05, 3.63) is 66.3 Å². The van der Waals surface area contributed by atoms with Crippen molar-refractivity contribution in [2.24, 2.45) is 20.5 Å². The zero-order valence-electron chi connectivity index (χ0n) is 18.6. The summed E-state index contributed by atoms with van der Waals surface area (Å²) in [7, 11) is 5.77. The number of aromatic hydroxyl groups is 1. The van der Waals surface area contributed by atoms with Crippen molar-refractivity contribution in [2.75, 3.05) is 40.8 Å². The minimum atomic E-state index is 0.0531. The van der Waals surface area contributed by atoms with Crippen LogP contribution in [-0.2, 0) is 0 Å². The van der Waals surface area contributed by atoms with Gasteiger partial charge in [0.25, 0.3) is 0 Å². The van der Waals surface area contributed by atoms with Gasteiger partial charge in [0.05, 0.1) is 5.69 Å². The molecule has 0 atom stereocenters. The average molecular weight is 421 g/mol. The van der Waals surface area contributed by atoms with Gasteiger partial charge in [-0.05, 0) is 52.2 Å². The molecule has 1 aromatic heterocycles. The van der Waals surface area contributed by atoms with Gasteiger partial charge in [0.15, 0.2) is 12.4 Å². The van der Waals surface area contributed by atoms with E-state index in [1.807, 2.05) is 36.8 Å². The van der Waals surface area contributed by atoms with Gasteiger partial charge in [-0.2, -0.15) is 14.8 Å². The molecular formula is C23H30N7O+. The topological polar surface area (TPSA) is 80.0 Å². The number of rotatable bonds is 8.